The van der Waals surface area contributed by atoms with Crippen molar-refractivity contribution in [3.63, 3.8) is 0 Å². The first-order valence-corrected chi connectivity index (χ1v) is 4.32. The van der Waals surface area contributed by atoms with Crippen molar-refractivity contribution in [1.82, 2.24) is 0 Å². The van der Waals surface area contributed by atoms with Gasteiger partial charge in [-0.25, -0.2) is 0 Å². The van der Waals surface area contributed by atoms with E-state index in [2.05, 4.69) is 4.74 Å². The van der Waals surface area contributed by atoms with Crippen LogP contribution in [0.4, 0.5) is 5.69 Å². The molecule has 0 radical (unpaired) electrons. The second-order valence-electron chi connectivity index (χ2n) is 2.77. The van der Waals surface area contributed by atoms with Crippen LogP contribution in [-0.2, 0) is 9.53 Å². The lowest BCUT2D eigenvalue weighted by Crippen LogP contribution is -2.23. The molecule has 0 aromatic heterocycles. The van der Waals surface area contributed by atoms with Crippen LogP contribution >= 0.6 is 11.6 Å². The number of halogens is 1. The van der Waals surface area contributed by atoms with Crippen LogP contribution in [0, 0.1) is 0 Å². The van der Waals surface area contributed by atoms with Gasteiger partial charge in [0, 0.05) is 16.3 Å². The van der Waals surface area contributed by atoms with Gasteiger partial charge in [-0.2, -0.15) is 0 Å². The highest BCUT2D eigenvalue weighted by Gasteiger charge is 2.18. The third-order valence-electron chi connectivity index (χ3n) is 1.84. The molecular formula is C9H11ClN2O2. The molecule has 0 aliphatic heterocycles. The Labute approximate surface area is 86.8 Å². The van der Waals surface area contributed by atoms with Gasteiger partial charge >= 0.3 is 5.97 Å². The number of nitrogen functional groups attached to an aromatic ring is 1. The lowest BCUT2D eigenvalue weighted by atomic mass is 10.1. The van der Waals surface area contributed by atoms with Crippen LogP contribution in [0.25, 0.3) is 0 Å². The minimum atomic E-state index is -0.890. The van der Waals surface area contributed by atoms with Gasteiger partial charge < -0.3 is 16.2 Å². The van der Waals surface area contributed by atoms with Crippen LogP contribution in [0.5, 0.6) is 0 Å². The Balaban J connectivity index is 3.05. The van der Waals surface area contributed by atoms with Gasteiger partial charge in [-0.15, -0.1) is 0 Å². The molecule has 0 saturated heterocycles. The summed E-state index contributed by atoms with van der Waals surface area (Å²) >= 11 is 5.75. The Morgan fingerprint density at radius 1 is 1.57 bits per heavy atom. The molecule has 0 bridgehead atoms. The third kappa shape index (κ3) is 2.16. The third-order valence-corrected chi connectivity index (χ3v) is 2.07. The van der Waals surface area contributed by atoms with Gasteiger partial charge in [0.15, 0.2) is 0 Å². The molecule has 0 aliphatic carbocycles. The van der Waals surface area contributed by atoms with E-state index in [4.69, 9.17) is 23.1 Å². The maximum Gasteiger partial charge on any atom is 0.327 e. The zero-order chi connectivity index (χ0) is 10.7. The van der Waals surface area contributed by atoms with Crippen LogP contribution in [0.15, 0.2) is 18.2 Å². The number of carbonyl (C=O) groups is 1. The van der Waals surface area contributed by atoms with Crippen molar-refractivity contribution in [3.8, 4) is 0 Å². The molecular weight excluding hydrogens is 204 g/mol. The topological polar surface area (TPSA) is 78.3 Å². The number of methoxy groups -OCH3 is 1. The summed E-state index contributed by atoms with van der Waals surface area (Å²) in [6.07, 6.45) is 0. The van der Waals surface area contributed by atoms with Gasteiger partial charge in [-0.1, -0.05) is 11.6 Å². The monoisotopic (exact) mass is 214 g/mol. The quantitative estimate of drug-likeness (QED) is 0.571. The second kappa shape index (κ2) is 4.30. The van der Waals surface area contributed by atoms with Crippen molar-refractivity contribution >= 4 is 23.3 Å². The lowest BCUT2D eigenvalue weighted by molar-refractivity contribution is -0.142. The number of esters is 1. The molecule has 1 atom stereocenters. The predicted molar refractivity (Wildman–Crippen MR) is 54.8 cm³/mol. The molecule has 0 unspecified atom stereocenters. The first-order chi connectivity index (χ1) is 6.56. The van der Waals surface area contributed by atoms with Crippen LogP contribution < -0.4 is 11.5 Å². The summed E-state index contributed by atoms with van der Waals surface area (Å²) in [5.74, 6) is -0.543. The van der Waals surface area contributed by atoms with Crippen LogP contribution in [0.3, 0.4) is 0 Å². The molecule has 4 nitrogen and oxygen atoms in total. The summed E-state index contributed by atoms with van der Waals surface area (Å²) in [7, 11) is 1.27. The Kier molecular flexibility index (Phi) is 3.33. The normalized spacial score (nSPS) is 12.2. The van der Waals surface area contributed by atoms with Crippen LogP contribution in [0.1, 0.15) is 11.6 Å². The van der Waals surface area contributed by atoms with E-state index in [1.165, 1.54) is 7.11 Å². The number of hydrogen-bond acceptors (Lipinski definition) is 4. The number of nitrogens with two attached hydrogens (primary N) is 2. The summed E-state index contributed by atoms with van der Waals surface area (Å²) < 4.78 is 4.50. The zero-order valence-electron chi connectivity index (χ0n) is 7.66. The maximum absolute atomic E-state index is 11.1. The van der Waals surface area contributed by atoms with Gasteiger partial charge in [0.1, 0.15) is 6.04 Å². The minimum Gasteiger partial charge on any atom is -0.468 e. The van der Waals surface area contributed by atoms with Crippen molar-refractivity contribution in [1.29, 1.82) is 0 Å². The van der Waals surface area contributed by atoms with E-state index in [0.29, 0.717) is 16.3 Å². The Morgan fingerprint density at radius 3 is 2.79 bits per heavy atom. The first-order valence-electron chi connectivity index (χ1n) is 3.94. The molecule has 1 aromatic rings. The highest BCUT2D eigenvalue weighted by molar-refractivity contribution is 6.30. The predicted octanol–water partition coefficient (Wildman–Crippen LogP) is 1.09. The fourth-order valence-electron chi connectivity index (χ4n) is 1.07. The van der Waals surface area contributed by atoms with Crippen molar-refractivity contribution < 1.29 is 9.53 Å². The first kappa shape index (κ1) is 10.8. The fourth-order valence-corrected chi connectivity index (χ4v) is 1.25. The van der Waals surface area contributed by atoms with E-state index < -0.39 is 12.0 Å². The van der Waals surface area contributed by atoms with E-state index in [9.17, 15) is 4.79 Å². The Bertz CT molecular complexity index is 355. The number of ether oxygens (including phenoxy) is 1. The van der Waals surface area contributed by atoms with Crippen molar-refractivity contribution in [2.75, 3.05) is 12.8 Å². The highest BCUT2D eigenvalue weighted by atomic mass is 35.5. The second-order valence-corrected chi connectivity index (χ2v) is 3.21. The van der Waals surface area contributed by atoms with Crippen LogP contribution in [0.2, 0.25) is 5.02 Å². The van der Waals surface area contributed by atoms with Gasteiger partial charge in [0.05, 0.1) is 7.11 Å². The molecule has 1 aromatic carbocycles. The average molecular weight is 215 g/mol. The number of benzene rings is 1. The van der Waals surface area contributed by atoms with Gasteiger partial charge in [-0.05, 0) is 18.2 Å². The zero-order valence-corrected chi connectivity index (χ0v) is 8.41. The fraction of sp³-hybridized carbons (Fsp3) is 0.222. The van der Waals surface area contributed by atoms with E-state index in [-0.39, 0.29) is 0 Å². The minimum absolute atomic E-state index is 0.423. The van der Waals surface area contributed by atoms with Crippen molar-refractivity contribution in [2.45, 2.75) is 6.04 Å². The summed E-state index contributed by atoms with van der Waals surface area (Å²) in [6, 6.07) is 3.89. The molecule has 0 heterocycles. The molecule has 0 saturated carbocycles. The highest BCUT2D eigenvalue weighted by Crippen LogP contribution is 2.23. The van der Waals surface area contributed by atoms with Gasteiger partial charge in [0.2, 0.25) is 0 Å². The largest absolute Gasteiger partial charge is 0.468 e. The summed E-state index contributed by atoms with van der Waals surface area (Å²) in [5.41, 5.74) is 12.1. The van der Waals surface area contributed by atoms with Gasteiger partial charge in [0.25, 0.3) is 0 Å². The molecule has 14 heavy (non-hydrogen) atoms. The maximum atomic E-state index is 11.1. The SMILES string of the molecule is COC(=O)[C@H](N)c1cc(Cl)ccc1N. The number of carbonyl (C=O) groups excluding carboxylic acids is 1. The number of hydrogen-bond donors (Lipinski definition) is 2. The lowest BCUT2D eigenvalue weighted by Gasteiger charge is -2.12. The molecule has 0 spiro atoms. The molecule has 0 aliphatic rings. The summed E-state index contributed by atoms with van der Waals surface area (Å²) in [6.45, 7) is 0. The van der Waals surface area contributed by atoms with E-state index in [1.54, 1.807) is 18.2 Å². The molecule has 5 heteroatoms. The average Bonchev–Trinajstić information content (AvgIpc) is 2.19. The van der Waals surface area contributed by atoms with Gasteiger partial charge in [-0.3, -0.25) is 4.79 Å². The van der Waals surface area contributed by atoms with E-state index in [0.717, 1.165) is 0 Å². The molecule has 0 amide bonds. The summed E-state index contributed by atoms with van der Waals surface area (Å²) in [4.78, 5) is 11.1. The molecule has 76 valence electrons. The van der Waals surface area contributed by atoms with E-state index in [1.807, 2.05) is 0 Å². The Hall–Kier alpha value is -1.26. The number of rotatable bonds is 2. The Morgan fingerprint density at radius 2 is 2.21 bits per heavy atom. The number of anilines is 1. The molecule has 0 fully saturated rings. The smallest absolute Gasteiger partial charge is 0.327 e. The summed E-state index contributed by atoms with van der Waals surface area (Å²) in [5, 5.41) is 0.480. The standard InChI is InChI=1S/C9H11ClN2O2/c1-14-9(13)8(12)6-4-5(10)2-3-7(6)11/h2-4,8H,11-12H2,1H3/t8-/m1/s1. The van der Waals surface area contributed by atoms with Crippen LogP contribution in [-0.4, -0.2) is 13.1 Å². The van der Waals surface area contributed by atoms with E-state index >= 15 is 0 Å². The van der Waals surface area contributed by atoms with Crippen molar-refractivity contribution in [2.24, 2.45) is 5.73 Å². The molecule has 4 N–H and O–H groups in total. The van der Waals surface area contributed by atoms with Crippen molar-refractivity contribution in [3.05, 3.63) is 28.8 Å². The molecule has 1 rings (SSSR count).